The van der Waals surface area contributed by atoms with Gasteiger partial charge < -0.3 is 4.90 Å². The molecule has 0 atom stereocenters. The van der Waals surface area contributed by atoms with Crippen molar-refractivity contribution >= 4 is 40.9 Å². The molecule has 158 valence electrons. The van der Waals surface area contributed by atoms with Gasteiger partial charge in [-0.1, -0.05) is 23.7 Å². The minimum Gasteiger partial charge on any atom is -0.309 e. The summed E-state index contributed by atoms with van der Waals surface area (Å²) in [7, 11) is 0. The van der Waals surface area contributed by atoms with E-state index in [0.717, 1.165) is 11.8 Å². The number of rotatable bonds is 3. The quantitative estimate of drug-likeness (QED) is 0.639. The number of hydrogen-bond acceptors (Lipinski definition) is 4. The Labute approximate surface area is 183 Å². The predicted octanol–water partition coefficient (Wildman–Crippen LogP) is 4.73. The van der Waals surface area contributed by atoms with Gasteiger partial charge in [-0.3, -0.25) is 15.0 Å². The van der Waals surface area contributed by atoms with Gasteiger partial charge in [-0.2, -0.15) is 0 Å². The van der Waals surface area contributed by atoms with E-state index in [2.05, 4.69) is 10.3 Å². The van der Waals surface area contributed by atoms with Crippen molar-refractivity contribution in [3.63, 3.8) is 0 Å². The third kappa shape index (κ3) is 4.34. The van der Waals surface area contributed by atoms with Crippen LogP contribution in [0.5, 0.6) is 0 Å². The van der Waals surface area contributed by atoms with E-state index in [9.17, 15) is 14.0 Å². The Bertz CT molecular complexity index is 1140. The number of halogens is 2. The van der Waals surface area contributed by atoms with Crippen LogP contribution in [-0.4, -0.2) is 35.0 Å². The zero-order valence-corrected chi connectivity index (χ0v) is 17.4. The molecule has 3 aromatic rings. The lowest BCUT2D eigenvalue weighted by Gasteiger charge is -2.24. The van der Waals surface area contributed by atoms with Gasteiger partial charge in [0.2, 0.25) is 5.91 Å². The maximum absolute atomic E-state index is 13.1. The fourth-order valence-electron chi connectivity index (χ4n) is 3.41. The van der Waals surface area contributed by atoms with E-state index >= 15 is 0 Å². The molecule has 3 amide bonds. The van der Waals surface area contributed by atoms with Gasteiger partial charge in [-0.05, 0) is 43.3 Å². The molecule has 1 N–H and O–H groups in total. The van der Waals surface area contributed by atoms with Crippen molar-refractivity contribution in [2.24, 2.45) is 0 Å². The number of nitrogens with one attached hydrogen (secondary N) is 1. The fraction of sp³-hybridized carbons (Fsp3) is 0.182. The lowest BCUT2D eigenvalue weighted by atomic mass is 10.1. The third-order valence-corrected chi connectivity index (χ3v) is 5.13. The van der Waals surface area contributed by atoms with Crippen LogP contribution >= 0.6 is 11.6 Å². The van der Waals surface area contributed by atoms with Crippen LogP contribution in [0.3, 0.4) is 0 Å². The number of benzene rings is 1. The lowest BCUT2D eigenvalue weighted by molar-refractivity contribution is -0.118. The largest absolute Gasteiger partial charge is 0.328 e. The highest BCUT2D eigenvalue weighted by molar-refractivity contribution is 6.30. The summed E-state index contributed by atoms with van der Waals surface area (Å²) in [5.41, 5.74) is 1.94. The zero-order valence-electron chi connectivity index (χ0n) is 16.7. The van der Waals surface area contributed by atoms with Crippen molar-refractivity contribution in [1.82, 2.24) is 9.97 Å². The molecule has 1 aromatic carbocycles. The number of urea groups is 1. The smallest absolute Gasteiger partial charge is 0.309 e. The van der Waals surface area contributed by atoms with E-state index < -0.39 is 11.8 Å². The van der Waals surface area contributed by atoms with Crippen molar-refractivity contribution in [3.05, 3.63) is 65.6 Å². The summed E-state index contributed by atoms with van der Waals surface area (Å²) in [5, 5.41) is 3.21. The molecule has 1 aliphatic heterocycles. The molecule has 0 radical (unpaired) electrons. The van der Waals surface area contributed by atoms with Crippen molar-refractivity contribution in [1.29, 1.82) is 0 Å². The molecule has 0 saturated heterocycles. The summed E-state index contributed by atoms with van der Waals surface area (Å²) in [4.78, 5) is 37.3. The molecule has 31 heavy (non-hydrogen) atoms. The van der Waals surface area contributed by atoms with E-state index in [1.807, 2.05) is 19.1 Å². The van der Waals surface area contributed by atoms with Crippen molar-refractivity contribution in [3.8, 4) is 11.3 Å². The molecule has 0 bridgehead atoms. The standard InChI is InChI=1S/C22H19ClFN5O2/c1-2-28-18-8-7-17(14-4-3-5-15(23)12-14)26-21(18)29(11-10-20(28)30)22(31)27-19-9-6-16(24)13-25-19/h3-9,12-13H,2,10-11H2,1H3,(H,25,27,31). The Morgan fingerprint density at radius 3 is 2.77 bits per heavy atom. The number of hydrogen-bond donors (Lipinski definition) is 1. The summed E-state index contributed by atoms with van der Waals surface area (Å²) in [5.74, 6) is -0.0574. The summed E-state index contributed by atoms with van der Waals surface area (Å²) >= 11 is 6.12. The molecule has 7 nitrogen and oxygen atoms in total. The predicted molar refractivity (Wildman–Crippen MR) is 118 cm³/mol. The SMILES string of the molecule is CCN1C(=O)CCN(C(=O)Nc2ccc(F)cn2)c2nc(-c3cccc(Cl)c3)ccc21. The Balaban J connectivity index is 1.76. The van der Waals surface area contributed by atoms with Gasteiger partial charge in [0.25, 0.3) is 0 Å². The first-order valence-corrected chi connectivity index (χ1v) is 10.1. The van der Waals surface area contributed by atoms with Gasteiger partial charge >= 0.3 is 6.03 Å². The summed E-state index contributed by atoms with van der Waals surface area (Å²) in [6.45, 7) is 2.45. The number of aromatic nitrogens is 2. The first kappa shape index (κ1) is 20.7. The second-order valence-electron chi connectivity index (χ2n) is 6.88. The number of fused-ring (bicyclic) bond motifs is 1. The minimum absolute atomic E-state index is 0.101. The van der Waals surface area contributed by atoms with Crippen molar-refractivity contribution < 1.29 is 14.0 Å². The lowest BCUT2D eigenvalue weighted by Crippen LogP contribution is -2.36. The van der Waals surface area contributed by atoms with E-state index in [4.69, 9.17) is 16.6 Å². The monoisotopic (exact) mass is 439 g/mol. The summed E-state index contributed by atoms with van der Waals surface area (Å²) in [6, 6.07) is 12.9. The number of carbonyl (C=O) groups excluding carboxylic acids is 2. The van der Waals surface area contributed by atoms with Crippen LogP contribution < -0.4 is 15.1 Å². The second-order valence-corrected chi connectivity index (χ2v) is 7.32. The van der Waals surface area contributed by atoms with Crippen molar-refractivity contribution in [2.75, 3.05) is 28.2 Å². The number of carbonyl (C=O) groups is 2. The molecule has 1 aliphatic rings. The molecule has 4 rings (SSSR count). The van der Waals surface area contributed by atoms with Crippen molar-refractivity contribution in [2.45, 2.75) is 13.3 Å². The van der Waals surface area contributed by atoms with Gasteiger partial charge in [0.15, 0.2) is 5.82 Å². The maximum Gasteiger partial charge on any atom is 0.328 e. The summed E-state index contributed by atoms with van der Waals surface area (Å²) < 4.78 is 13.1. The van der Waals surface area contributed by atoms with Crippen LogP contribution in [0.2, 0.25) is 5.02 Å². The van der Waals surface area contributed by atoms with Crippen LogP contribution in [0.1, 0.15) is 13.3 Å². The fourth-order valence-corrected chi connectivity index (χ4v) is 3.60. The molecule has 2 aromatic heterocycles. The van der Waals surface area contributed by atoms with Gasteiger partial charge in [0, 0.05) is 30.1 Å². The molecule has 0 fully saturated rings. The average Bonchev–Trinajstić information content (AvgIpc) is 2.90. The van der Waals surface area contributed by atoms with Gasteiger partial charge in [-0.15, -0.1) is 0 Å². The van der Waals surface area contributed by atoms with E-state index in [0.29, 0.717) is 28.8 Å². The molecule has 0 aliphatic carbocycles. The van der Waals surface area contributed by atoms with Crippen LogP contribution in [0.25, 0.3) is 11.3 Å². The first-order valence-electron chi connectivity index (χ1n) is 9.73. The highest BCUT2D eigenvalue weighted by Crippen LogP contribution is 2.34. The highest BCUT2D eigenvalue weighted by Gasteiger charge is 2.30. The Morgan fingerprint density at radius 2 is 2.06 bits per heavy atom. The van der Waals surface area contributed by atoms with Gasteiger partial charge in [-0.25, -0.2) is 19.2 Å². The molecule has 0 unspecified atom stereocenters. The average molecular weight is 440 g/mol. The van der Waals surface area contributed by atoms with E-state index in [1.165, 1.54) is 17.0 Å². The maximum atomic E-state index is 13.1. The van der Waals surface area contributed by atoms with Crippen LogP contribution in [0, 0.1) is 5.82 Å². The molecular weight excluding hydrogens is 421 g/mol. The third-order valence-electron chi connectivity index (χ3n) is 4.90. The molecule has 0 saturated carbocycles. The van der Waals surface area contributed by atoms with Gasteiger partial charge in [0.05, 0.1) is 17.6 Å². The minimum atomic E-state index is -0.512. The first-order chi connectivity index (χ1) is 15.0. The zero-order chi connectivity index (χ0) is 22.0. The molecule has 0 spiro atoms. The Kier molecular flexibility index (Phi) is 5.81. The van der Waals surface area contributed by atoms with E-state index in [1.54, 1.807) is 29.2 Å². The number of pyridine rings is 2. The molecular formula is C22H19ClFN5O2. The van der Waals surface area contributed by atoms with Crippen LogP contribution in [0.4, 0.5) is 26.5 Å². The van der Waals surface area contributed by atoms with E-state index in [-0.39, 0.29) is 24.7 Å². The number of anilines is 3. The normalized spacial score (nSPS) is 13.6. The second kappa shape index (κ2) is 8.69. The molecule has 3 heterocycles. The Hall–Kier alpha value is -3.52. The van der Waals surface area contributed by atoms with Crippen LogP contribution in [0.15, 0.2) is 54.7 Å². The van der Waals surface area contributed by atoms with Crippen LogP contribution in [-0.2, 0) is 4.79 Å². The number of nitrogens with zero attached hydrogens (tertiary/aromatic N) is 4. The topological polar surface area (TPSA) is 78.4 Å². The van der Waals surface area contributed by atoms with Gasteiger partial charge in [0.1, 0.15) is 11.6 Å². The Morgan fingerprint density at radius 1 is 1.23 bits per heavy atom. The molecule has 9 heteroatoms. The highest BCUT2D eigenvalue weighted by atomic mass is 35.5. The summed E-state index contributed by atoms with van der Waals surface area (Å²) in [6.07, 6.45) is 1.16. The number of amides is 3.